The number of nitrogens with zero attached hydrogens (tertiary/aromatic N) is 1. The topological polar surface area (TPSA) is 51.5 Å². The molecule has 0 aliphatic rings. The summed E-state index contributed by atoms with van der Waals surface area (Å²) in [6.45, 7) is 0.458. The first kappa shape index (κ1) is 12.3. The highest BCUT2D eigenvalue weighted by Gasteiger charge is 2.07. The molecule has 20 heavy (non-hydrogen) atoms. The lowest BCUT2D eigenvalue weighted by Crippen LogP contribution is -2.05. The van der Waals surface area contributed by atoms with E-state index >= 15 is 0 Å². The Morgan fingerprint density at radius 3 is 2.65 bits per heavy atom. The van der Waals surface area contributed by atoms with Crippen molar-refractivity contribution < 1.29 is 14.6 Å². The molecule has 0 aliphatic heterocycles. The van der Waals surface area contributed by atoms with Crippen LogP contribution in [0.5, 0.6) is 5.75 Å². The maximum Gasteiger partial charge on any atom is 0.416 e. The van der Waals surface area contributed by atoms with Gasteiger partial charge in [0.05, 0.1) is 5.52 Å². The van der Waals surface area contributed by atoms with Crippen LogP contribution in [-0.2, 0) is 6.61 Å². The van der Waals surface area contributed by atoms with Crippen molar-refractivity contribution in [3.05, 3.63) is 66.4 Å². The van der Waals surface area contributed by atoms with Crippen LogP contribution in [0.1, 0.15) is 5.56 Å². The lowest BCUT2D eigenvalue weighted by Gasteiger charge is -2.07. The number of ether oxygens (including phenoxy) is 1. The molecule has 0 amide bonds. The first-order valence-electron chi connectivity index (χ1n) is 6.25. The molecule has 0 unspecified atom stereocenters. The van der Waals surface area contributed by atoms with Crippen molar-refractivity contribution in [2.75, 3.05) is 0 Å². The van der Waals surface area contributed by atoms with Gasteiger partial charge < -0.3 is 9.84 Å². The van der Waals surface area contributed by atoms with Gasteiger partial charge in [-0.2, -0.15) is 0 Å². The highest BCUT2D eigenvalue weighted by molar-refractivity contribution is 5.89. The Morgan fingerprint density at radius 1 is 1.10 bits per heavy atom. The summed E-state index contributed by atoms with van der Waals surface area (Å²) in [6, 6.07) is 17.0. The highest BCUT2D eigenvalue weighted by atomic mass is 16.5. The van der Waals surface area contributed by atoms with Crippen LogP contribution in [0, 0.1) is 0 Å². The molecule has 1 aromatic heterocycles. The molecule has 0 aliphatic carbocycles. The first-order chi connectivity index (χ1) is 9.74. The van der Waals surface area contributed by atoms with Crippen LogP contribution >= 0.6 is 0 Å². The SMILES string of the molecule is O=C(O)n1ccc2ccc(OCc3ccccc3)cc21. The molecule has 1 heterocycles. The Balaban J connectivity index is 1.85. The van der Waals surface area contributed by atoms with Gasteiger partial charge in [0.2, 0.25) is 0 Å². The van der Waals surface area contributed by atoms with E-state index in [4.69, 9.17) is 9.84 Å². The second kappa shape index (κ2) is 5.09. The molecule has 0 atom stereocenters. The molecule has 0 saturated carbocycles. The molecule has 0 saturated heterocycles. The third-order valence-corrected chi connectivity index (χ3v) is 3.12. The van der Waals surface area contributed by atoms with Crippen LogP contribution in [0.3, 0.4) is 0 Å². The molecule has 0 bridgehead atoms. The van der Waals surface area contributed by atoms with E-state index < -0.39 is 6.09 Å². The normalized spacial score (nSPS) is 10.6. The minimum absolute atomic E-state index is 0.458. The molecular formula is C16H13NO3. The average molecular weight is 267 g/mol. The monoisotopic (exact) mass is 267 g/mol. The van der Waals surface area contributed by atoms with Gasteiger partial charge in [-0.1, -0.05) is 30.3 Å². The third kappa shape index (κ3) is 2.36. The van der Waals surface area contributed by atoms with Crippen LogP contribution in [0.25, 0.3) is 10.9 Å². The van der Waals surface area contributed by atoms with E-state index in [2.05, 4.69) is 0 Å². The van der Waals surface area contributed by atoms with Gasteiger partial charge in [-0.3, -0.25) is 4.57 Å². The van der Waals surface area contributed by atoms with E-state index in [1.54, 1.807) is 12.1 Å². The third-order valence-electron chi connectivity index (χ3n) is 3.12. The van der Waals surface area contributed by atoms with Crippen molar-refractivity contribution in [3.63, 3.8) is 0 Å². The summed E-state index contributed by atoms with van der Waals surface area (Å²) in [5.41, 5.74) is 1.70. The summed E-state index contributed by atoms with van der Waals surface area (Å²) >= 11 is 0. The molecule has 3 aromatic rings. The average Bonchev–Trinajstić information content (AvgIpc) is 2.89. The number of carbonyl (C=O) groups is 1. The Kier molecular flexibility index (Phi) is 3.13. The van der Waals surface area contributed by atoms with Gasteiger partial charge in [-0.05, 0) is 23.8 Å². The van der Waals surface area contributed by atoms with Gasteiger partial charge in [0, 0.05) is 17.6 Å². The zero-order chi connectivity index (χ0) is 13.9. The second-order valence-corrected chi connectivity index (χ2v) is 4.46. The highest BCUT2D eigenvalue weighted by Crippen LogP contribution is 2.22. The van der Waals surface area contributed by atoms with Gasteiger partial charge >= 0.3 is 6.09 Å². The van der Waals surface area contributed by atoms with Crippen LogP contribution in [-0.4, -0.2) is 15.8 Å². The number of aromatic nitrogens is 1. The van der Waals surface area contributed by atoms with Gasteiger partial charge in [0.15, 0.2) is 0 Å². The Morgan fingerprint density at radius 2 is 1.90 bits per heavy atom. The zero-order valence-corrected chi connectivity index (χ0v) is 10.7. The predicted octanol–water partition coefficient (Wildman–Crippen LogP) is 3.75. The summed E-state index contributed by atoms with van der Waals surface area (Å²) < 4.78 is 6.88. The number of rotatable bonds is 3. The molecular weight excluding hydrogens is 254 g/mol. The standard InChI is InChI=1S/C16H13NO3/c18-16(19)17-9-8-13-6-7-14(10-15(13)17)20-11-12-4-2-1-3-5-12/h1-10H,11H2,(H,18,19). The zero-order valence-electron chi connectivity index (χ0n) is 10.7. The van der Waals surface area contributed by atoms with Crippen molar-refractivity contribution in [1.82, 2.24) is 4.57 Å². The van der Waals surface area contributed by atoms with Crippen molar-refractivity contribution in [3.8, 4) is 5.75 Å². The number of fused-ring (bicyclic) bond motifs is 1. The van der Waals surface area contributed by atoms with E-state index in [0.29, 0.717) is 17.9 Å². The number of hydrogen-bond acceptors (Lipinski definition) is 2. The number of carboxylic acid groups (broad SMARTS) is 1. The molecule has 0 spiro atoms. The van der Waals surface area contributed by atoms with Gasteiger partial charge in [-0.15, -0.1) is 0 Å². The Hall–Kier alpha value is -2.75. The lowest BCUT2D eigenvalue weighted by atomic mass is 10.2. The minimum Gasteiger partial charge on any atom is -0.489 e. The molecule has 4 heteroatoms. The van der Waals surface area contributed by atoms with Crippen LogP contribution in [0.2, 0.25) is 0 Å². The van der Waals surface area contributed by atoms with Gasteiger partial charge in [0.25, 0.3) is 0 Å². The molecule has 2 aromatic carbocycles. The summed E-state index contributed by atoms with van der Waals surface area (Å²) in [5.74, 6) is 0.655. The first-order valence-corrected chi connectivity index (χ1v) is 6.25. The van der Waals surface area contributed by atoms with Crippen molar-refractivity contribution in [1.29, 1.82) is 0 Å². The van der Waals surface area contributed by atoms with E-state index in [0.717, 1.165) is 10.9 Å². The molecule has 100 valence electrons. The Labute approximate surface area is 115 Å². The van der Waals surface area contributed by atoms with Crippen LogP contribution < -0.4 is 4.74 Å². The predicted molar refractivity (Wildman–Crippen MR) is 76.1 cm³/mol. The quantitative estimate of drug-likeness (QED) is 0.786. The minimum atomic E-state index is -1.000. The van der Waals surface area contributed by atoms with Crippen molar-refractivity contribution in [2.24, 2.45) is 0 Å². The Bertz CT molecular complexity index is 747. The summed E-state index contributed by atoms with van der Waals surface area (Å²) in [4.78, 5) is 11.1. The second-order valence-electron chi connectivity index (χ2n) is 4.46. The van der Waals surface area contributed by atoms with E-state index in [-0.39, 0.29) is 0 Å². The number of benzene rings is 2. The largest absolute Gasteiger partial charge is 0.489 e. The summed E-state index contributed by atoms with van der Waals surface area (Å²) in [6.07, 6.45) is 0.536. The van der Waals surface area contributed by atoms with Crippen LogP contribution in [0.15, 0.2) is 60.8 Å². The smallest absolute Gasteiger partial charge is 0.416 e. The van der Waals surface area contributed by atoms with E-state index in [1.807, 2.05) is 42.5 Å². The summed E-state index contributed by atoms with van der Waals surface area (Å²) in [7, 11) is 0. The molecule has 4 nitrogen and oxygen atoms in total. The van der Waals surface area contributed by atoms with Gasteiger partial charge in [0.1, 0.15) is 12.4 Å². The fraction of sp³-hybridized carbons (Fsp3) is 0.0625. The maximum absolute atomic E-state index is 11.1. The lowest BCUT2D eigenvalue weighted by molar-refractivity contribution is 0.197. The molecule has 1 N–H and O–H groups in total. The van der Waals surface area contributed by atoms with Crippen molar-refractivity contribution >= 4 is 17.0 Å². The van der Waals surface area contributed by atoms with Gasteiger partial charge in [-0.25, -0.2) is 4.79 Å². The molecule has 3 rings (SSSR count). The molecule has 0 radical (unpaired) electrons. The number of hydrogen-bond donors (Lipinski definition) is 1. The van der Waals surface area contributed by atoms with E-state index in [9.17, 15) is 4.79 Å². The summed E-state index contributed by atoms with van der Waals surface area (Å²) in [5, 5.41) is 9.97. The fourth-order valence-corrected chi connectivity index (χ4v) is 2.11. The molecule has 0 fully saturated rings. The van der Waals surface area contributed by atoms with Crippen LogP contribution in [0.4, 0.5) is 4.79 Å². The van der Waals surface area contributed by atoms with E-state index in [1.165, 1.54) is 10.8 Å². The maximum atomic E-state index is 11.1. The van der Waals surface area contributed by atoms with Crippen molar-refractivity contribution in [2.45, 2.75) is 6.61 Å². The fourth-order valence-electron chi connectivity index (χ4n) is 2.11.